The largest absolute Gasteiger partial charge is 0.493 e. The summed E-state index contributed by atoms with van der Waals surface area (Å²) in [5.74, 6) is 1.22. The van der Waals surface area contributed by atoms with E-state index in [4.69, 9.17) is 9.47 Å². The van der Waals surface area contributed by atoms with Crippen LogP contribution in [-0.4, -0.2) is 39.1 Å². The van der Waals surface area contributed by atoms with Crippen molar-refractivity contribution in [2.24, 2.45) is 0 Å². The molecule has 0 amide bonds. The van der Waals surface area contributed by atoms with Gasteiger partial charge in [-0.2, -0.15) is 0 Å². The molecule has 0 spiro atoms. The number of nitro benzene ring substituents is 1. The molecule has 3 aromatic rings. The highest BCUT2D eigenvalue weighted by atomic mass is 32.2. The molecule has 0 saturated carbocycles. The molecule has 9 nitrogen and oxygen atoms in total. The molecule has 0 radical (unpaired) electrons. The first kappa shape index (κ1) is 22.7. The van der Waals surface area contributed by atoms with Crippen LogP contribution in [0.3, 0.4) is 0 Å². The number of aryl methyl sites for hydroxylation is 1. The molecule has 31 heavy (non-hydrogen) atoms. The summed E-state index contributed by atoms with van der Waals surface area (Å²) in [6.07, 6.45) is 0.435. The molecule has 0 aliphatic rings. The number of benzene rings is 2. The lowest BCUT2D eigenvalue weighted by Gasteiger charge is -2.08. The Labute approximate surface area is 183 Å². The lowest BCUT2D eigenvalue weighted by Crippen LogP contribution is -2.26. The van der Waals surface area contributed by atoms with E-state index in [1.165, 1.54) is 29.5 Å². The standard InChI is InChI=1S/C20H21N3O6S2/c1-13-19(30-20(22-13)14-7-8-17(28-2)18(11-14)29-3)9-10-21-31(26,27)16-6-4-5-15(12-16)23(24)25/h4-8,11-12,21H,9-10H2,1-3H3. The van der Waals surface area contributed by atoms with Crippen molar-refractivity contribution in [3.05, 3.63) is 63.1 Å². The van der Waals surface area contributed by atoms with Crippen LogP contribution in [0.4, 0.5) is 5.69 Å². The van der Waals surface area contributed by atoms with Crippen molar-refractivity contribution >= 4 is 27.0 Å². The fourth-order valence-corrected chi connectivity index (χ4v) is 5.03. The summed E-state index contributed by atoms with van der Waals surface area (Å²) in [5, 5.41) is 11.7. The topological polar surface area (TPSA) is 121 Å². The molecule has 0 saturated heterocycles. The third kappa shape index (κ3) is 5.19. The van der Waals surface area contributed by atoms with E-state index in [-0.39, 0.29) is 17.1 Å². The second-order valence-corrected chi connectivity index (χ2v) is 9.35. The van der Waals surface area contributed by atoms with Gasteiger partial charge in [0.2, 0.25) is 10.0 Å². The second-order valence-electron chi connectivity index (χ2n) is 6.50. The number of non-ortho nitro benzene ring substituents is 1. The molecule has 1 N–H and O–H groups in total. The predicted octanol–water partition coefficient (Wildman–Crippen LogP) is 3.56. The molecular weight excluding hydrogens is 442 g/mol. The van der Waals surface area contributed by atoms with Gasteiger partial charge in [0.25, 0.3) is 5.69 Å². The number of thiazole rings is 1. The van der Waals surface area contributed by atoms with Gasteiger partial charge in [0, 0.05) is 29.1 Å². The molecule has 164 valence electrons. The number of hydrogen-bond donors (Lipinski definition) is 1. The zero-order valence-corrected chi connectivity index (χ0v) is 18.7. The van der Waals surface area contributed by atoms with Gasteiger partial charge in [0.15, 0.2) is 11.5 Å². The lowest BCUT2D eigenvalue weighted by atomic mass is 10.2. The van der Waals surface area contributed by atoms with Crippen LogP contribution in [0.2, 0.25) is 0 Å². The zero-order valence-electron chi connectivity index (χ0n) is 17.1. The summed E-state index contributed by atoms with van der Waals surface area (Å²) in [7, 11) is -0.732. The van der Waals surface area contributed by atoms with E-state index in [1.54, 1.807) is 20.3 Å². The second kappa shape index (κ2) is 9.41. The lowest BCUT2D eigenvalue weighted by molar-refractivity contribution is -0.385. The normalized spacial score (nSPS) is 11.3. The minimum absolute atomic E-state index is 0.138. The van der Waals surface area contributed by atoms with Crippen LogP contribution in [-0.2, 0) is 16.4 Å². The maximum atomic E-state index is 12.5. The number of ether oxygens (including phenoxy) is 2. The summed E-state index contributed by atoms with van der Waals surface area (Å²) in [4.78, 5) is 15.6. The third-order valence-corrected chi connectivity index (χ3v) is 7.23. The quantitative estimate of drug-likeness (QED) is 0.380. The molecule has 0 fully saturated rings. The summed E-state index contributed by atoms with van der Waals surface area (Å²) in [6.45, 7) is 2.00. The van der Waals surface area contributed by atoms with Crippen LogP contribution in [0.15, 0.2) is 47.4 Å². The maximum absolute atomic E-state index is 12.5. The first-order valence-corrected chi connectivity index (χ1v) is 11.5. The smallest absolute Gasteiger partial charge is 0.270 e. The van der Waals surface area contributed by atoms with Gasteiger partial charge in [0.05, 0.1) is 29.7 Å². The molecule has 0 unspecified atom stereocenters. The van der Waals surface area contributed by atoms with Crippen LogP contribution in [0.5, 0.6) is 11.5 Å². The Hall–Kier alpha value is -3.02. The monoisotopic (exact) mass is 463 g/mol. The van der Waals surface area contributed by atoms with Crippen LogP contribution in [0, 0.1) is 17.0 Å². The molecule has 2 aromatic carbocycles. The number of nitrogens with zero attached hydrogens (tertiary/aromatic N) is 2. The Balaban J connectivity index is 1.71. The van der Waals surface area contributed by atoms with Gasteiger partial charge in [0.1, 0.15) is 5.01 Å². The average Bonchev–Trinajstić information content (AvgIpc) is 3.13. The number of nitro groups is 1. The Morgan fingerprint density at radius 1 is 1.13 bits per heavy atom. The van der Waals surface area contributed by atoms with Gasteiger partial charge in [-0.3, -0.25) is 10.1 Å². The van der Waals surface area contributed by atoms with Gasteiger partial charge in [-0.1, -0.05) is 6.07 Å². The van der Waals surface area contributed by atoms with Crippen molar-refractivity contribution in [2.45, 2.75) is 18.2 Å². The van der Waals surface area contributed by atoms with Crippen molar-refractivity contribution in [3.8, 4) is 22.1 Å². The Morgan fingerprint density at radius 3 is 2.55 bits per heavy atom. The molecular formula is C20H21N3O6S2. The number of nitrogens with one attached hydrogen (secondary N) is 1. The average molecular weight is 464 g/mol. The summed E-state index contributed by atoms with van der Waals surface area (Å²) in [5.41, 5.74) is 1.40. The van der Waals surface area contributed by atoms with Crippen LogP contribution in [0.1, 0.15) is 10.6 Å². The Kier molecular flexibility index (Phi) is 6.88. The fourth-order valence-electron chi connectivity index (χ4n) is 2.90. The molecule has 0 atom stereocenters. The van der Waals surface area contributed by atoms with Gasteiger partial charge in [-0.25, -0.2) is 18.1 Å². The van der Waals surface area contributed by atoms with Crippen LogP contribution >= 0.6 is 11.3 Å². The number of hydrogen-bond acceptors (Lipinski definition) is 8. The van der Waals surface area contributed by atoms with E-state index in [0.717, 1.165) is 27.2 Å². The third-order valence-electron chi connectivity index (χ3n) is 4.51. The molecule has 3 rings (SSSR count). The molecule has 0 bridgehead atoms. The Bertz CT molecular complexity index is 1210. The van der Waals surface area contributed by atoms with E-state index >= 15 is 0 Å². The van der Waals surface area contributed by atoms with E-state index < -0.39 is 14.9 Å². The molecule has 0 aliphatic heterocycles. The van der Waals surface area contributed by atoms with Gasteiger partial charge in [-0.15, -0.1) is 11.3 Å². The van der Waals surface area contributed by atoms with E-state index in [0.29, 0.717) is 17.9 Å². The van der Waals surface area contributed by atoms with E-state index in [9.17, 15) is 18.5 Å². The number of aromatic nitrogens is 1. The van der Waals surface area contributed by atoms with Crippen LogP contribution < -0.4 is 14.2 Å². The van der Waals surface area contributed by atoms with Gasteiger partial charge < -0.3 is 9.47 Å². The highest BCUT2D eigenvalue weighted by molar-refractivity contribution is 7.89. The fraction of sp³-hybridized carbons (Fsp3) is 0.250. The number of rotatable bonds is 9. The predicted molar refractivity (Wildman–Crippen MR) is 117 cm³/mol. The summed E-state index contributed by atoms with van der Waals surface area (Å²) < 4.78 is 38.0. The summed E-state index contributed by atoms with van der Waals surface area (Å²) in [6, 6.07) is 10.5. The molecule has 0 aliphatic carbocycles. The maximum Gasteiger partial charge on any atom is 0.270 e. The molecule has 11 heteroatoms. The van der Waals surface area contributed by atoms with Crippen LogP contribution in [0.25, 0.3) is 10.6 Å². The highest BCUT2D eigenvalue weighted by Gasteiger charge is 2.18. The number of methoxy groups -OCH3 is 2. The van der Waals surface area contributed by atoms with Crippen molar-refractivity contribution < 1.29 is 22.8 Å². The molecule has 1 aromatic heterocycles. The highest BCUT2D eigenvalue weighted by Crippen LogP contribution is 2.35. The van der Waals surface area contributed by atoms with Crippen molar-refractivity contribution in [1.82, 2.24) is 9.71 Å². The SMILES string of the molecule is COc1ccc(-c2nc(C)c(CCNS(=O)(=O)c3cccc([N+](=O)[O-])c3)s2)cc1OC. The van der Waals surface area contributed by atoms with Crippen molar-refractivity contribution in [2.75, 3.05) is 20.8 Å². The zero-order chi connectivity index (χ0) is 22.6. The van der Waals surface area contributed by atoms with Crippen molar-refractivity contribution in [3.63, 3.8) is 0 Å². The van der Waals surface area contributed by atoms with Crippen molar-refractivity contribution in [1.29, 1.82) is 0 Å². The Morgan fingerprint density at radius 2 is 1.87 bits per heavy atom. The van der Waals surface area contributed by atoms with E-state index in [1.807, 2.05) is 19.1 Å². The minimum atomic E-state index is -3.86. The summed E-state index contributed by atoms with van der Waals surface area (Å²) >= 11 is 1.47. The number of sulfonamides is 1. The minimum Gasteiger partial charge on any atom is -0.493 e. The first-order chi connectivity index (χ1) is 14.7. The van der Waals surface area contributed by atoms with E-state index in [2.05, 4.69) is 9.71 Å². The van der Waals surface area contributed by atoms with Gasteiger partial charge in [-0.05, 0) is 37.6 Å². The first-order valence-electron chi connectivity index (χ1n) is 9.18. The molecule has 1 heterocycles. The van der Waals surface area contributed by atoms with Gasteiger partial charge >= 0.3 is 0 Å².